The Hall–Kier alpha value is -1.48. The van der Waals surface area contributed by atoms with E-state index in [1.54, 1.807) is 24.3 Å². The first-order valence-electron chi connectivity index (χ1n) is 7.14. The fraction of sp³-hybridized carbons (Fsp3) is 0.500. The van der Waals surface area contributed by atoms with Gasteiger partial charge in [0.25, 0.3) is 0 Å². The van der Waals surface area contributed by atoms with Crippen LogP contribution in [0.5, 0.6) is 0 Å². The number of hydrogen-bond donors (Lipinski definition) is 0. The Morgan fingerprint density at radius 2 is 1.23 bits per heavy atom. The summed E-state index contributed by atoms with van der Waals surface area (Å²) in [7, 11) is 0. The van der Waals surface area contributed by atoms with Crippen LogP contribution in [0.25, 0.3) is 0 Å². The molecule has 126 valence electrons. The molecule has 1 aromatic rings. The predicted octanol–water partition coefficient (Wildman–Crippen LogP) is 3.81. The van der Waals surface area contributed by atoms with E-state index in [2.05, 4.69) is 0 Å². The van der Waals surface area contributed by atoms with Crippen LogP contribution in [-0.2, 0) is 9.47 Å². The van der Waals surface area contributed by atoms with Crippen molar-refractivity contribution in [2.24, 2.45) is 0 Å². The molecule has 1 unspecified atom stereocenters. The van der Waals surface area contributed by atoms with Gasteiger partial charge in [-0.05, 0) is 25.0 Å². The lowest BCUT2D eigenvalue weighted by molar-refractivity contribution is 0.0452. The highest BCUT2D eigenvalue weighted by Gasteiger charge is 2.18. The molecule has 0 aliphatic heterocycles. The summed E-state index contributed by atoms with van der Waals surface area (Å²) < 4.78 is 10.3. The number of unbranched alkanes of at least 4 members (excludes halogenated alkanes) is 2. The van der Waals surface area contributed by atoms with E-state index in [9.17, 15) is 9.59 Å². The van der Waals surface area contributed by atoms with E-state index >= 15 is 0 Å². The SMILES string of the molecule is CCCCOC(=O)c1ccccc1C(=O)OCCCC.F.P. The van der Waals surface area contributed by atoms with E-state index < -0.39 is 11.9 Å². The third-order valence-corrected chi connectivity index (χ3v) is 2.83. The Morgan fingerprint density at radius 3 is 1.55 bits per heavy atom. The van der Waals surface area contributed by atoms with Crippen LogP contribution in [0.3, 0.4) is 0 Å². The summed E-state index contributed by atoms with van der Waals surface area (Å²) in [4.78, 5) is 23.9. The molecule has 6 heteroatoms. The van der Waals surface area contributed by atoms with Crippen molar-refractivity contribution in [1.29, 1.82) is 0 Å². The molecule has 1 rings (SSSR count). The van der Waals surface area contributed by atoms with Gasteiger partial charge in [-0.15, -0.1) is 0 Å². The zero-order valence-electron chi connectivity index (χ0n) is 13.3. The van der Waals surface area contributed by atoms with Crippen LogP contribution in [0, 0.1) is 0 Å². The number of ether oxygens (including phenoxy) is 2. The summed E-state index contributed by atoms with van der Waals surface area (Å²) in [6, 6.07) is 6.59. The second-order valence-corrected chi connectivity index (χ2v) is 4.52. The topological polar surface area (TPSA) is 52.6 Å². The van der Waals surface area contributed by atoms with Gasteiger partial charge in [0, 0.05) is 0 Å². The number of halogens is 1. The van der Waals surface area contributed by atoms with Gasteiger partial charge in [-0.3, -0.25) is 4.70 Å². The van der Waals surface area contributed by atoms with E-state index in [1.165, 1.54) is 0 Å². The van der Waals surface area contributed by atoms with Crippen molar-refractivity contribution in [2.45, 2.75) is 39.5 Å². The summed E-state index contributed by atoms with van der Waals surface area (Å²) in [6.45, 7) is 4.78. The molecule has 0 N–H and O–H groups in total. The fourth-order valence-electron chi connectivity index (χ4n) is 1.61. The lowest BCUT2D eigenvalue weighted by atomic mass is 10.1. The summed E-state index contributed by atoms with van der Waals surface area (Å²) in [5, 5.41) is 0. The molecular weight excluding hydrogens is 306 g/mol. The molecule has 0 aromatic heterocycles. The second-order valence-electron chi connectivity index (χ2n) is 4.52. The van der Waals surface area contributed by atoms with Crippen molar-refractivity contribution in [3.63, 3.8) is 0 Å². The number of hydrogen-bond acceptors (Lipinski definition) is 4. The molecule has 0 heterocycles. The van der Waals surface area contributed by atoms with Crippen LogP contribution < -0.4 is 0 Å². The highest BCUT2D eigenvalue weighted by molar-refractivity contribution is 6.92. The van der Waals surface area contributed by atoms with Crippen molar-refractivity contribution >= 4 is 21.8 Å². The number of carbonyl (C=O) groups is 2. The van der Waals surface area contributed by atoms with Crippen molar-refractivity contribution in [1.82, 2.24) is 0 Å². The third kappa shape index (κ3) is 7.51. The minimum absolute atomic E-state index is 0. The summed E-state index contributed by atoms with van der Waals surface area (Å²) in [5.41, 5.74) is 0.537. The molecule has 0 saturated heterocycles. The van der Waals surface area contributed by atoms with Crippen LogP contribution in [0.2, 0.25) is 0 Å². The molecule has 22 heavy (non-hydrogen) atoms. The number of carbonyl (C=O) groups excluding carboxylic acids is 2. The Labute approximate surface area is 134 Å². The van der Waals surface area contributed by atoms with Gasteiger partial charge in [-0.25, -0.2) is 9.59 Å². The van der Waals surface area contributed by atoms with Gasteiger partial charge in [0.1, 0.15) is 0 Å². The average Bonchev–Trinajstić information content (AvgIpc) is 2.47. The van der Waals surface area contributed by atoms with Gasteiger partial charge in [0.05, 0.1) is 24.3 Å². The molecule has 0 saturated carbocycles. The maximum Gasteiger partial charge on any atom is 0.339 e. The van der Waals surface area contributed by atoms with Crippen molar-refractivity contribution in [2.75, 3.05) is 13.2 Å². The van der Waals surface area contributed by atoms with Crippen LogP contribution >= 0.6 is 9.90 Å². The minimum Gasteiger partial charge on any atom is -0.462 e. The number of rotatable bonds is 8. The molecule has 1 aromatic carbocycles. The molecule has 0 bridgehead atoms. The van der Waals surface area contributed by atoms with Crippen LogP contribution in [-0.4, -0.2) is 25.2 Å². The standard InChI is InChI=1S/C16H22O4.FH.H3P/c1-3-5-11-19-15(17)13-9-7-8-10-14(13)16(18)20-12-6-4-2;;/h7-10H,3-6,11-12H2,1-2H3;1H;1H3. The normalized spacial score (nSPS) is 9.18. The van der Waals surface area contributed by atoms with Gasteiger partial charge in [-0.2, -0.15) is 9.90 Å². The van der Waals surface area contributed by atoms with Gasteiger partial charge in [0.15, 0.2) is 0 Å². The van der Waals surface area contributed by atoms with Gasteiger partial charge in [0.2, 0.25) is 0 Å². The first kappa shape index (κ1) is 22.8. The van der Waals surface area contributed by atoms with Crippen LogP contribution in [0.15, 0.2) is 24.3 Å². The molecule has 4 nitrogen and oxygen atoms in total. The number of esters is 2. The van der Waals surface area contributed by atoms with E-state index in [1.807, 2.05) is 13.8 Å². The monoisotopic (exact) mass is 332 g/mol. The first-order chi connectivity index (χ1) is 9.70. The molecular formula is C16H26FO4P. The third-order valence-electron chi connectivity index (χ3n) is 2.83. The maximum absolute atomic E-state index is 11.9. The van der Waals surface area contributed by atoms with Gasteiger partial charge < -0.3 is 9.47 Å². The van der Waals surface area contributed by atoms with E-state index in [-0.39, 0.29) is 25.7 Å². The molecule has 1 atom stereocenters. The van der Waals surface area contributed by atoms with E-state index in [0.29, 0.717) is 13.2 Å². The second kappa shape index (κ2) is 13.2. The minimum atomic E-state index is -0.471. The highest BCUT2D eigenvalue weighted by atomic mass is 31.0. The van der Waals surface area contributed by atoms with E-state index in [0.717, 1.165) is 25.7 Å². The van der Waals surface area contributed by atoms with Crippen molar-refractivity contribution in [3.05, 3.63) is 35.4 Å². The first-order valence-corrected chi connectivity index (χ1v) is 7.14. The Bertz CT molecular complexity index is 411. The fourth-order valence-corrected chi connectivity index (χ4v) is 1.61. The van der Waals surface area contributed by atoms with E-state index in [4.69, 9.17) is 9.47 Å². The lowest BCUT2D eigenvalue weighted by Gasteiger charge is -2.09. The van der Waals surface area contributed by atoms with Crippen molar-refractivity contribution in [3.8, 4) is 0 Å². The Kier molecular flexibility index (Phi) is 13.7. The van der Waals surface area contributed by atoms with Crippen LogP contribution in [0.4, 0.5) is 4.70 Å². The molecule has 0 aliphatic carbocycles. The lowest BCUT2D eigenvalue weighted by Crippen LogP contribution is -2.14. The molecule has 0 aliphatic rings. The number of benzene rings is 1. The quantitative estimate of drug-likeness (QED) is 0.413. The highest BCUT2D eigenvalue weighted by Crippen LogP contribution is 2.12. The zero-order chi connectivity index (χ0) is 14.8. The Morgan fingerprint density at radius 1 is 0.864 bits per heavy atom. The summed E-state index contributed by atoms with van der Waals surface area (Å²) in [5.74, 6) is -0.942. The smallest absolute Gasteiger partial charge is 0.339 e. The van der Waals surface area contributed by atoms with Crippen LogP contribution in [0.1, 0.15) is 60.2 Å². The molecule has 0 amide bonds. The summed E-state index contributed by atoms with van der Waals surface area (Å²) >= 11 is 0. The molecule has 0 fully saturated rings. The average molecular weight is 332 g/mol. The zero-order valence-corrected chi connectivity index (χ0v) is 14.7. The molecule has 0 spiro atoms. The van der Waals surface area contributed by atoms with Crippen molar-refractivity contribution < 1.29 is 23.8 Å². The largest absolute Gasteiger partial charge is 0.462 e. The summed E-state index contributed by atoms with van der Waals surface area (Å²) in [6.07, 6.45) is 3.53. The Balaban J connectivity index is 0. The molecule has 0 radical (unpaired) electrons. The predicted molar refractivity (Wildman–Crippen MR) is 90.4 cm³/mol. The maximum atomic E-state index is 11.9. The van der Waals surface area contributed by atoms with Gasteiger partial charge >= 0.3 is 11.9 Å². The van der Waals surface area contributed by atoms with Gasteiger partial charge in [-0.1, -0.05) is 38.8 Å².